The van der Waals surface area contributed by atoms with Gasteiger partial charge in [0.2, 0.25) is 12.2 Å². The molecule has 12 heteroatoms. The molecular formula is C8H12N2O10. The molecular weight excluding hydrogens is 284 g/mol. The zero-order valence-corrected chi connectivity index (χ0v) is 9.70. The lowest BCUT2D eigenvalue weighted by Crippen LogP contribution is -2.53. The minimum absolute atomic E-state index is 1.59. The number of hydrogen-bond acceptors (Lipinski definition) is 8. The van der Waals surface area contributed by atoms with Crippen molar-refractivity contribution in [3.63, 3.8) is 0 Å². The number of amides is 2. The van der Waals surface area contributed by atoms with Crippen LogP contribution >= 0.6 is 0 Å². The molecule has 2 amide bonds. The van der Waals surface area contributed by atoms with Gasteiger partial charge in [-0.3, -0.25) is 0 Å². The van der Waals surface area contributed by atoms with E-state index in [1.54, 1.807) is 0 Å². The van der Waals surface area contributed by atoms with Gasteiger partial charge >= 0.3 is 24.1 Å². The summed E-state index contributed by atoms with van der Waals surface area (Å²) in [4.78, 5) is 42.3. The van der Waals surface area contributed by atoms with Crippen LogP contribution in [0.1, 0.15) is 0 Å². The average molecular weight is 296 g/mol. The third-order valence-electron chi connectivity index (χ3n) is 1.94. The van der Waals surface area contributed by atoms with E-state index in [4.69, 9.17) is 10.2 Å². The summed E-state index contributed by atoms with van der Waals surface area (Å²) in [6.07, 6.45) is -12.8. The van der Waals surface area contributed by atoms with E-state index in [0.717, 1.165) is 0 Å². The largest absolute Gasteiger partial charge is 0.478 e. The van der Waals surface area contributed by atoms with Gasteiger partial charge in [-0.2, -0.15) is 0 Å². The molecule has 0 rings (SSSR count). The highest BCUT2D eigenvalue weighted by Crippen LogP contribution is 2.12. The number of aliphatic carboxylic acids is 2. The van der Waals surface area contributed by atoms with Crippen molar-refractivity contribution < 1.29 is 49.1 Å². The SMILES string of the molecule is NC(=O)O[C@H](C(=O)O)[C@@H](O)[C@H](O)[C@@H](OC(N)=O)C(=O)O. The number of rotatable bonds is 7. The summed E-state index contributed by atoms with van der Waals surface area (Å²) >= 11 is 0. The van der Waals surface area contributed by atoms with Gasteiger partial charge in [0.05, 0.1) is 0 Å². The lowest BCUT2D eigenvalue weighted by molar-refractivity contribution is -0.172. The normalized spacial score (nSPS) is 16.3. The van der Waals surface area contributed by atoms with E-state index in [2.05, 4.69) is 20.9 Å². The second-order valence-electron chi connectivity index (χ2n) is 3.37. The van der Waals surface area contributed by atoms with Crippen molar-refractivity contribution in [1.29, 1.82) is 0 Å². The number of primary amides is 2. The molecule has 0 saturated carbocycles. The van der Waals surface area contributed by atoms with E-state index < -0.39 is 48.5 Å². The fraction of sp³-hybridized carbons (Fsp3) is 0.500. The highest BCUT2D eigenvalue weighted by atomic mass is 16.6. The molecule has 0 aliphatic heterocycles. The van der Waals surface area contributed by atoms with E-state index >= 15 is 0 Å². The first-order valence-corrected chi connectivity index (χ1v) is 4.81. The molecule has 20 heavy (non-hydrogen) atoms. The fourth-order valence-corrected chi connectivity index (χ4v) is 1.14. The molecule has 0 aliphatic carbocycles. The van der Waals surface area contributed by atoms with Crippen molar-refractivity contribution in [3.8, 4) is 0 Å². The maximum absolute atomic E-state index is 10.7. The van der Waals surface area contributed by atoms with E-state index in [9.17, 15) is 29.4 Å². The molecule has 8 N–H and O–H groups in total. The van der Waals surface area contributed by atoms with Crippen LogP contribution in [0.3, 0.4) is 0 Å². The van der Waals surface area contributed by atoms with E-state index in [1.807, 2.05) is 0 Å². The van der Waals surface area contributed by atoms with Crippen LogP contribution in [0, 0.1) is 0 Å². The first-order valence-electron chi connectivity index (χ1n) is 4.81. The number of carboxylic acids is 2. The number of carbonyl (C=O) groups is 4. The zero-order chi connectivity index (χ0) is 16.0. The van der Waals surface area contributed by atoms with Gasteiger partial charge in [0.25, 0.3) is 0 Å². The Labute approximate surface area is 110 Å². The summed E-state index contributed by atoms with van der Waals surface area (Å²) in [6, 6.07) is 0. The number of carboxylic acid groups (broad SMARTS) is 2. The molecule has 0 fully saturated rings. The molecule has 114 valence electrons. The topological polar surface area (TPSA) is 220 Å². The van der Waals surface area contributed by atoms with Crippen LogP contribution in [-0.2, 0) is 19.1 Å². The molecule has 0 aromatic rings. The molecule has 0 aliphatic rings. The molecule has 12 nitrogen and oxygen atoms in total. The van der Waals surface area contributed by atoms with Gasteiger partial charge in [-0.05, 0) is 0 Å². The van der Waals surface area contributed by atoms with Gasteiger partial charge in [-0.1, -0.05) is 0 Å². The molecule has 0 unspecified atom stereocenters. The molecule has 0 spiro atoms. The third kappa shape index (κ3) is 4.95. The Balaban J connectivity index is 5.13. The highest BCUT2D eigenvalue weighted by Gasteiger charge is 2.43. The molecule has 0 aromatic carbocycles. The van der Waals surface area contributed by atoms with Gasteiger partial charge in [0, 0.05) is 0 Å². The van der Waals surface area contributed by atoms with Gasteiger partial charge in [0.15, 0.2) is 0 Å². The maximum atomic E-state index is 10.7. The van der Waals surface area contributed by atoms with Gasteiger partial charge in [-0.15, -0.1) is 0 Å². The van der Waals surface area contributed by atoms with E-state index in [0.29, 0.717) is 0 Å². The number of carbonyl (C=O) groups excluding carboxylic acids is 2. The van der Waals surface area contributed by atoms with Gasteiger partial charge in [0.1, 0.15) is 12.2 Å². The Bertz CT molecular complexity index is 372. The fourth-order valence-electron chi connectivity index (χ4n) is 1.14. The Morgan fingerprint density at radius 3 is 1.15 bits per heavy atom. The van der Waals surface area contributed by atoms with Gasteiger partial charge in [-0.25, -0.2) is 19.2 Å². The number of ether oxygens (including phenoxy) is 2. The minimum atomic E-state index is -2.44. The molecule has 4 atom stereocenters. The molecule has 0 saturated heterocycles. The molecule has 0 heterocycles. The van der Waals surface area contributed by atoms with Crippen LogP contribution < -0.4 is 11.5 Å². The van der Waals surface area contributed by atoms with Crippen molar-refractivity contribution in [3.05, 3.63) is 0 Å². The monoisotopic (exact) mass is 296 g/mol. The standard InChI is InChI=1S/C8H12N2O10/c9-7(17)19-3(5(13)14)1(11)2(12)4(6(15)16)20-8(10)18/h1-4,11-12H,(H2,9,17)(H2,10,18)(H,13,14)(H,15,16)/t1-,2-,3-,4+/m0/s1. The number of aliphatic hydroxyl groups is 2. The quantitative estimate of drug-likeness (QED) is 0.276. The second kappa shape index (κ2) is 7.10. The van der Waals surface area contributed by atoms with Crippen LogP contribution in [0.4, 0.5) is 9.59 Å². The van der Waals surface area contributed by atoms with Crippen LogP contribution in [0.5, 0.6) is 0 Å². The molecule has 0 radical (unpaired) electrons. The van der Waals surface area contributed by atoms with Crippen molar-refractivity contribution in [1.82, 2.24) is 0 Å². The average Bonchev–Trinajstić information content (AvgIpc) is 2.30. The zero-order valence-electron chi connectivity index (χ0n) is 9.70. The van der Waals surface area contributed by atoms with Crippen LogP contribution in [-0.4, -0.2) is 69.0 Å². The molecule has 0 bridgehead atoms. The van der Waals surface area contributed by atoms with Crippen molar-refractivity contribution >= 4 is 24.1 Å². The number of aliphatic hydroxyl groups excluding tert-OH is 2. The van der Waals surface area contributed by atoms with Crippen LogP contribution in [0.2, 0.25) is 0 Å². The number of hydrogen-bond donors (Lipinski definition) is 6. The van der Waals surface area contributed by atoms with Crippen molar-refractivity contribution in [2.75, 3.05) is 0 Å². The first kappa shape index (κ1) is 17.4. The molecule has 0 aromatic heterocycles. The number of nitrogens with two attached hydrogens (primary N) is 2. The summed E-state index contributed by atoms with van der Waals surface area (Å²) in [5, 5.41) is 36.3. The Morgan fingerprint density at radius 1 is 0.750 bits per heavy atom. The Hall–Kier alpha value is -2.60. The second-order valence-corrected chi connectivity index (χ2v) is 3.37. The summed E-state index contributed by atoms with van der Waals surface area (Å²) in [7, 11) is 0. The predicted molar refractivity (Wildman–Crippen MR) is 56.2 cm³/mol. The van der Waals surface area contributed by atoms with Crippen LogP contribution in [0.25, 0.3) is 0 Å². The van der Waals surface area contributed by atoms with E-state index in [1.165, 1.54) is 0 Å². The summed E-state index contributed by atoms with van der Waals surface area (Å²) < 4.78 is 7.99. The first-order chi connectivity index (χ1) is 9.07. The summed E-state index contributed by atoms with van der Waals surface area (Å²) in [5.41, 5.74) is 9.09. The van der Waals surface area contributed by atoms with Crippen molar-refractivity contribution in [2.45, 2.75) is 24.4 Å². The van der Waals surface area contributed by atoms with E-state index in [-0.39, 0.29) is 0 Å². The summed E-state index contributed by atoms with van der Waals surface area (Å²) in [6.45, 7) is 0. The summed E-state index contributed by atoms with van der Waals surface area (Å²) in [5.74, 6) is -3.84. The minimum Gasteiger partial charge on any atom is -0.478 e. The van der Waals surface area contributed by atoms with Crippen LogP contribution in [0.15, 0.2) is 0 Å². The lowest BCUT2D eigenvalue weighted by atomic mass is 10.0. The lowest BCUT2D eigenvalue weighted by Gasteiger charge is -2.26. The van der Waals surface area contributed by atoms with Crippen molar-refractivity contribution in [2.24, 2.45) is 11.5 Å². The highest BCUT2D eigenvalue weighted by molar-refractivity contribution is 5.79. The third-order valence-corrected chi connectivity index (χ3v) is 1.94. The van der Waals surface area contributed by atoms with Gasteiger partial charge < -0.3 is 41.4 Å². The Kier molecular flexibility index (Phi) is 6.18. The maximum Gasteiger partial charge on any atom is 0.405 e. The Morgan fingerprint density at radius 2 is 1.00 bits per heavy atom. The predicted octanol–water partition coefficient (Wildman–Crippen LogP) is -3.19. The smallest absolute Gasteiger partial charge is 0.405 e.